The molecule has 0 spiro atoms. The molecule has 3 rings (SSSR count). The third-order valence-electron chi connectivity index (χ3n) is 4.87. The molecule has 2 heterocycles. The summed E-state index contributed by atoms with van der Waals surface area (Å²) in [6.07, 6.45) is 2.24. The van der Waals surface area contributed by atoms with Crippen molar-refractivity contribution in [3.05, 3.63) is 42.0 Å². The number of benzene rings is 1. The summed E-state index contributed by atoms with van der Waals surface area (Å²) < 4.78 is 32.9. The number of rotatable bonds is 5. The number of morpholine rings is 1. The van der Waals surface area contributed by atoms with Crippen LogP contribution in [0.15, 0.2) is 41.3 Å². The predicted molar refractivity (Wildman–Crippen MR) is 94.3 cm³/mol. The van der Waals surface area contributed by atoms with E-state index in [1.165, 1.54) is 4.31 Å². The minimum absolute atomic E-state index is 0.351. The third-order valence-corrected chi connectivity index (χ3v) is 6.87. The van der Waals surface area contributed by atoms with Crippen molar-refractivity contribution in [1.82, 2.24) is 9.21 Å². The van der Waals surface area contributed by atoms with Crippen molar-refractivity contribution < 1.29 is 13.2 Å². The second-order valence-corrected chi connectivity index (χ2v) is 8.51. The van der Waals surface area contributed by atoms with Gasteiger partial charge in [0.05, 0.1) is 18.1 Å². The van der Waals surface area contributed by atoms with Crippen LogP contribution in [0, 0.1) is 0 Å². The maximum absolute atomic E-state index is 13.0. The summed E-state index contributed by atoms with van der Waals surface area (Å²) in [5.74, 6) is 0. The highest BCUT2D eigenvalue weighted by atomic mass is 32.2. The molecule has 0 amide bonds. The number of hydrogen-bond donors (Lipinski definition) is 0. The van der Waals surface area contributed by atoms with Gasteiger partial charge in [-0.25, -0.2) is 8.42 Å². The van der Waals surface area contributed by atoms with Gasteiger partial charge in [-0.05, 0) is 37.9 Å². The van der Waals surface area contributed by atoms with Crippen LogP contribution in [0.5, 0.6) is 0 Å². The van der Waals surface area contributed by atoms with Crippen LogP contribution in [-0.4, -0.2) is 56.5 Å². The van der Waals surface area contributed by atoms with Crippen molar-refractivity contribution in [3.8, 4) is 0 Å². The summed E-state index contributed by atoms with van der Waals surface area (Å²) in [4.78, 5) is 2.77. The first kappa shape index (κ1) is 17.6. The molecule has 6 heteroatoms. The number of ether oxygens (including phenoxy) is 1. The van der Waals surface area contributed by atoms with E-state index in [0.717, 1.165) is 30.5 Å². The Hall–Kier alpha value is -1.21. The van der Waals surface area contributed by atoms with Crippen LogP contribution in [0.1, 0.15) is 25.3 Å². The lowest BCUT2D eigenvalue weighted by Gasteiger charge is -2.29. The molecule has 2 aliphatic rings. The van der Waals surface area contributed by atoms with Crippen LogP contribution < -0.4 is 0 Å². The lowest BCUT2D eigenvalue weighted by molar-refractivity contribution is 0.0730. The maximum Gasteiger partial charge on any atom is 0.243 e. The van der Waals surface area contributed by atoms with Crippen molar-refractivity contribution in [2.75, 3.05) is 32.8 Å². The normalized spacial score (nSPS) is 23.5. The molecule has 1 aromatic carbocycles. The zero-order valence-corrected chi connectivity index (χ0v) is 15.1. The molecule has 1 unspecified atom stereocenters. The van der Waals surface area contributed by atoms with E-state index in [-0.39, 0.29) is 0 Å². The smallest absolute Gasteiger partial charge is 0.243 e. The first-order chi connectivity index (χ1) is 11.5. The highest BCUT2D eigenvalue weighted by molar-refractivity contribution is 7.89. The molecule has 2 aliphatic heterocycles. The van der Waals surface area contributed by atoms with Crippen LogP contribution in [0.25, 0.3) is 0 Å². The fraction of sp³-hybridized carbons (Fsp3) is 0.556. The summed E-state index contributed by atoms with van der Waals surface area (Å²) in [6.45, 7) is 9.56. The molecular weight excluding hydrogens is 324 g/mol. The summed E-state index contributed by atoms with van der Waals surface area (Å²) in [5.41, 5.74) is 2.03. The van der Waals surface area contributed by atoms with E-state index < -0.39 is 10.0 Å². The Morgan fingerprint density at radius 3 is 2.67 bits per heavy atom. The average molecular weight is 350 g/mol. The lowest BCUT2D eigenvalue weighted by Crippen LogP contribution is -2.41. The molecule has 0 N–H and O–H groups in total. The fourth-order valence-corrected chi connectivity index (χ4v) is 5.23. The highest BCUT2D eigenvalue weighted by Crippen LogP contribution is 2.28. The van der Waals surface area contributed by atoms with Gasteiger partial charge in [-0.1, -0.05) is 30.4 Å². The van der Waals surface area contributed by atoms with Gasteiger partial charge in [0.1, 0.15) is 0 Å². The Kier molecular flexibility index (Phi) is 5.39. The molecule has 0 aromatic heterocycles. The van der Waals surface area contributed by atoms with Gasteiger partial charge in [0.2, 0.25) is 10.0 Å². The Morgan fingerprint density at radius 1 is 1.25 bits per heavy atom. The van der Waals surface area contributed by atoms with Gasteiger partial charge in [-0.15, -0.1) is 0 Å². The molecule has 0 bridgehead atoms. The number of likely N-dealkylation sites (tertiary alicyclic amines) is 1. The van der Waals surface area contributed by atoms with E-state index in [1.54, 1.807) is 12.1 Å². The minimum Gasteiger partial charge on any atom is -0.379 e. The van der Waals surface area contributed by atoms with Crippen LogP contribution in [-0.2, 0) is 21.3 Å². The first-order valence-electron chi connectivity index (χ1n) is 8.55. The van der Waals surface area contributed by atoms with Gasteiger partial charge < -0.3 is 4.74 Å². The van der Waals surface area contributed by atoms with E-state index in [0.29, 0.717) is 43.8 Å². The zero-order valence-electron chi connectivity index (χ0n) is 14.3. The van der Waals surface area contributed by atoms with Crippen LogP contribution in [0.2, 0.25) is 0 Å². The van der Waals surface area contributed by atoms with E-state index >= 15 is 0 Å². The molecule has 1 aromatic rings. The van der Waals surface area contributed by atoms with Crippen molar-refractivity contribution in [2.24, 2.45) is 0 Å². The van der Waals surface area contributed by atoms with E-state index in [9.17, 15) is 8.42 Å². The predicted octanol–water partition coefficient (Wildman–Crippen LogP) is 2.25. The van der Waals surface area contributed by atoms with Crippen LogP contribution >= 0.6 is 0 Å². The van der Waals surface area contributed by atoms with Gasteiger partial charge in [-0.3, -0.25) is 4.90 Å². The van der Waals surface area contributed by atoms with Crippen molar-refractivity contribution >= 4 is 10.0 Å². The number of hydrogen-bond acceptors (Lipinski definition) is 4. The topological polar surface area (TPSA) is 49.9 Å². The second-order valence-electron chi connectivity index (χ2n) is 6.60. The molecule has 1 atom stereocenters. The van der Waals surface area contributed by atoms with Crippen molar-refractivity contribution in [3.63, 3.8) is 0 Å². The molecule has 5 nitrogen and oxygen atoms in total. The molecule has 0 radical (unpaired) electrons. The Morgan fingerprint density at radius 2 is 1.96 bits per heavy atom. The Balaban J connectivity index is 1.86. The molecule has 132 valence electrons. The lowest BCUT2D eigenvalue weighted by atomic mass is 10.1. The van der Waals surface area contributed by atoms with Crippen molar-refractivity contribution in [1.29, 1.82) is 0 Å². The number of sulfonamides is 1. The van der Waals surface area contributed by atoms with Gasteiger partial charge in [-0.2, -0.15) is 4.31 Å². The largest absolute Gasteiger partial charge is 0.379 e. The molecule has 2 saturated heterocycles. The van der Waals surface area contributed by atoms with Crippen LogP contribution in [0.4, 0.5) is 0 Å². The molecule has 2 fully saturated rings. The Labute approximate surface area is 145 Å². The number of nitrogens with zero attached hydrogens (tertiary/aromatic N) is 2. The summed E-state index contributed by atoms with van der Waals surface area (Å²) in [6, 6.07) is 7.73. The van der Waals surface area contributed by atoms with Gasteiger partial charge in [0.15, 0.2) is 0 Å². The molecule has 0 aliphatic carbocycles. The molecular formula is C18H26N2O3S. The van der Waals surface area contributed by atoms with Crippen LogP contribution in [0.3, 0.4) is 0 Å². The monoisotopic (exact) mass is 350 g/mol. The first-order valence-corrected chi connectivity index (χ1v) is 9.99. The van der Waals surface area contributed by atoms with Gasteiger partial charge >= 0.3 is 0 Å². The van der Waals surface area contributed by atoms with Gasteiger partial charge in [0, 0.05) is 25.7 Å². The molecule has 24 heavy (non-hydrogen) atoms. The summed E-state index contributed by atoms with van der Waals surface area (Å²) >= 11 is 0. The maximum atomic E-state index is 13.0. The van der Waals surface area contributed by atoms with E-state index in [2.05, 4.69) is 18.4 Å². The van der Waals surface area contributed by atoms with Crippen molar-refractivity contribution in [2.45, 2.75) is 37.2 Å². The standard InChI is InChI=1S/C18H26N2O3S/c1-15(2)17-7-5-9-19(17)14-16-6-3-4-8-18(16)24(21,22)20-10-12-23-13-11-20/h3-4,6,8,17H,1,5,7,9-14H2,2H3. The third kappa shape index (κ3) is 3.57. The summed E-state index contributed by atoms with van der Waals surface area (Å²) in [7, 11) is -3.47. The molecule has 0 saturated carbocycles. The minimum atomic E-state index is -3.47. The van der Waals surface area contributed by atoms with Gasteiger partial charge in [0.25, 0.3) is 0 Å². The fourth-order valence-electron chi connectivity index (χ4n) is 3.60. The van der Waals surface area contributed by atoms with E-state index in [1.807, 2.05) is 12.1 Å². The zero-order chi connectivity index (χ0) is 17.2. The second kappa shape index (κ2) is 7.35. The summed E-state index contributed by atoms with van der Waals surface area (Å²) in [5, 5.41) is 0. The quantitative estimate of drug-likeness (QED) is 0.764. The highest BCUT2D eigenvalue weighted by Gasteiger charge is 2.30. The Bertz CT molecular complexity index is 696. The van der Waals surface area contributed by atoms with E-state index in [4.69, 9.17) is 4.74 Å². The average Bonchev–Trinajstić information content (AvgIpc) is 3.04. The SMILES string of the molecule is C=C(C)C1CCCN1Cc1ccccc1S(=O)(=O)N1CCOCC1.